The van der Waals surface area contributed by atoms with Gasteiger partial charge in [-0.2, -0.15) is 0 Å². The van der Waals surface area contributed by atoms with Crippen LogP contribution in [0.3, 0.4) is 0 Å². The first kappa shape index (κ1) is 17.0. The maximum absolute atomic E-state index is 2.46. The van der Waals surface area contributed by atoms with E-state index in [1.807, 2.05) is 0 Å². The Bertz CT molecular complexity index is 173. The minimum atomic E-state index is 0.892. The molecule has 0 aliphatic carbocycles. The quantitative estimate of drug-likeness (QED) is 0.453. The van der Waals surface area contributed by atoms with Crippen molar-refractivity contribution in [1.82, 2.24) is 0 Å². The van der Waals surface area contributed by atoms with Crippen molar-refractivity contribution in [1.29, 1.82) is 0 Å². The lowest BCUT2D eigenvalue weighted by molar-refractivity contribution is 0.249. The fourth-order valence-corrected chi connectivity index (χ4v) is 2.85. The Morgan fingerprint density at radius 2 is 0.882 bits per heavy atom. The van der Waals surface area contributed by atoms with Gasteiger partial charge in [0.2, 0.25) is 0 Å². The van der Waals surface area contributed by atoms with Crippen LogP contribution >= 0.6 is 0 Å². The lowest BCUT2D eigenvalue weighted by Gasteiger charge is -2.26. The van der Waals surface area contributed by atoms with Gasteiger partial charge in [-0.3, -0.25) is 0 Å². The van der Waals surface area contributed by atoms with E-state index < -0.39 is 0 Å². The van der Waals surface area contributed by atoms with Gasteiger partial charge in [-0.15, -0.1) is 0 Å². The third-order valence-electron chi connectivity index (χ3n) is 4.72. The first-order chi connectivity index (χ1) is 7.90. The van der Waals surface area contributed by atoms with Crippen molar-refractivity contribution in [3.8, 4) is 0 Å². The third-order valence-corrected chi connectivity index (χ3v) is 4.72. The van der Waals surface area contributed by atoms with E-state index in [-0.39, 0.29) is 0 Å². The van der Waals surface area contributed by atoms with Crippen LogP contribution in [0.1, 0.15) is 80.6 Å². The zero-order valence-corrected chi connectivity index (χ0v) is 13.4. The van der Waals surface area contributed by atoms with E-state index in [9.17, 15) is 0 Å². The molecular formula is C17H36. The molecule has 17 heavy (non-hydrogen) atoms. The van der Waals surface area contributed by atoms with Crippen LogP contribution in [0.5, 0.6) is 0 Å². The maximum Gasteiger partial charge on any atom is -0.0414 e. The van der Waals surface area contributed by atoms with E-state index in [2.05, 4.69) is 48.5 Å². The minimum absolute atomic E-state index is 0.892. The molecule has 5 unspecified atom stereocenters. The summed E-state index contributed by atoms with van der Waals surface area (Å²) in [6.07, 6.45) is 6.91. The van der Waals surface area contributed by atoms with Gasteiger partial charge in [-0.25, -0.2) is 0 Å². The molecule has 0 fully saturated rings. The Morgan fingerprint density at radius 3 is 1.29 bits per heavy atom. The molecule has 0 rings (SSSR count). The summed E-state index contributed by atoms with van der Waals surface area (Å²) < 4.78 is 0. The molecule has 0 aromatic carbocycles. The molecule has 0 N–H and O–H groups in total. The van der Waals surface area contributed by atoms with Crippen LogP contribution in [0.4, 0.5) is 0 Å². The molecule has 0 saturated carbocycles. The van der Waals surface area contributed by atoms with E-state index in [0.29, 0.717) is 0 Å². The van der Waals surface area contributed by atoms with Gasteiger partial charge in [0.15, 0.2) is 0 Å². The highest BCUT2D eigenvalue weighted by Gasteiger charge is 2.18. The van der Waals surface area contributed by atoms with Gasteiger partial charge in [0.25, 0.3) is 0 Å². The Morgan fingerprint density at radius 1 is 0.529 bits per heavy atom. The molecule has 0 aromatic heterocycles. The predicted octanol–water partition coefficient (Wildman–Crippen LogP) is 6.16. The molecule has 0 saturated heterocycles. The lowest BCUT2D eigenvalue weighted by Crippen LogP contribution is -2.15. The molecule has 0 spiro atoms. The summed E-state index contributed by atoms with van der Waals surface area (Å²) in [6.45, 7) is 16.8. The molecule has 0 aromatic rings. The molecule has 5 atom stereocenters. The van der Waals surface area contributed by atoms with E-state index >= 15 is 0 Å². The largest absolute Gasteiger partial charge is 0.0651 e. The Labute approximate surface area is 111 Å². The van der Waals surface area contributed by atoms with Crippen LogP contribution in [0.15, 0.2) is 0 Å². The SMILES string of the molecule is CCC(C)CC(C)CC(C)C(C)CC(C)CC. The standard InChI is InChI=1S/C17H36/c1-8-13(3)10-15(5)12-17(7)16(6)11-14(4)9-2/h13-17H,8-12H2,1-7H3. The molecule has 0 heterocycles. The van der Waals surface area contributed by atoms with Gasteiger partial charge in [-0.1, -0.05) is 61.3 Å². The molecular weight excluding hydrogens is 204 g/mol. The van der Waals surface area contributed by atoms with Crippen LogP contribution in [0.25, 0.3) is 0 Å². The summed E-state index contributed by atoms with van der Waals surface area (Å²) in [5.74, 6) is 4.49. The molecule has 0 heteroatoms. The van der Waals surface area contributed by atoms with Crippen LogP contribution in [-0.2, 0) is 0 Å². The van der Waals surface area contributed by atoms with Crippen molar-refractivity contribution < 1.29 is 0 Å². The Kier molecular flexibility index (Phi) is 9.00. The van der Waals surface area contributed by atoms with Gasteiger partial charge in [0.1, 0.15) is 0 Å². The summed E-state index contributed by atoms with van der Waals surface area (Å²) in [7, 11) is 0. The number of rotatable bonds is 9. The van der Waals surface area contributed by atoms with Crippen LogP contribution in [0.2, 0.25) is 0 Å². The van der Waals surface area contributed by atoms with E-state index in [0.717, 1.165) is 29.6 Å². The average molecular weight is 240 g/mol. The van der Waals surface area contributed by atoms with Crippen molar-refractivity contribution >= 4 is 0 Å². The molecule has 0 nitrogen and oxygen atoms in total. The van der Waals surface area contributed by atoms with Gasteiger partial charge in [-0.05, 0) is 48.9 Å². The van der Waals surface area contributed by atoms with Gasteiger partial charge >= 0.3 is 0 Å². The van der Waals surface area contributed by atoms with Crippen molar-refractivity contribution in [2.45, 2.75) is 80.6 Å². The Balaban J connectivity index is 3.93. The number of hydrogen-bond donors (Lipinski definition) is 0. The fourth-order valence-electron chi connectivity index (χ4n) is 2.85. The Hall–Kier alpha value is 0. The fraction of sp³-hybridized carbons (Fsp3) is 1.00. The summed E-state index contributed by atoms with van der Waals surface area (Å²) in [5, 5.41) is 0. The number of hydrogen-bond acceptors (Lipinski definition) is 0. The molecule has 104 valence electrons. The monoisotopic (exact) mass is 240 g/mol. The second-order valence-corrected chi connectivity index (χ2v) is 6.79. The molecule has 0 aliphatic heterocycles. The van der Waals surface area contributed by atoms with E-state index in [1.54, 1.807) is 0 Å². The summed E-state index contributed by atoms with van der Waals surface area (Å²) in [5.41, 5.74) is 0. The summed E-state index contributed by atoms with van der Waals surface area (Å²) in [4.78, 5) is 0. The third kappa shape index (κ3) is 7.84. The molecule has 0 radical (unpaired) electrons. The van der Waals surface area contributed by atoms with Crippen LogP contribution in [0, 0.1) is 29.6 Å². The van der Waals surface area contributed by atoms with Gasteiger partial charge in [0.05, 0.1) is 0 Å². The predicted molar refractivity (Wildman–Crippen MR) is 80.3 cm³/mol. The molecule has 0 aliphatic rings. The zero-order chi connectivity index (χ0) is 13.4. The van der Waals surface area contributed by atoms with Crippen LogP contribution < -0.4 is 0 Å². The molecule has 0 amide bonds. The van der Waals surface area contributed by atoms with Crippen molar-refractivity contribution in [2.75, 3.05) is 0 Å². The minimum Gasteiger partial charge on any atom is -0.0651 e. The van der Waals surface area contributed by atoms with E-state index in [4.69, 9.17) is 0 Å². The first-order valence-electron chi connectivity index (χ1n) is 7.90. The molecule has 0 bridgehead atoms. The summed E-state index contributed by atoms with van der Waals surface area (Å²) >= 11 is 0. The summed E-state index contributed by atoms with van der Waals surface area (Å²) in [6, 6.07) is 0. The first-order valence-corrected chi connectivity index (χ1v) is 7.90. The van der Waals surface area contributed by atoms with E-state index in [1.165, 1.54) is 32.1 Å². The highest BCUT2D eigenvalue weighted by Crippen LogP contribution is 2.29. The zero-order valence-electron chi connectivity index (χ0n) is 13.4. The smallest absolute Gasteiger partial charge is 0.0414 e. The normalized spacial score (nSPS) is 20.6. The topological polar surface area (TPSA) is 0 Å². The maximum atomic E-state index is 2.46. The van der Waals surface area contributed by atoms with Crippen molar-refractivity contribution in [3.05, 3.63) is 0 Å². The average Bonchev–Trinajstić information content (AvgIpc) is 2.28. The van der Waals surface area contributed by atoms with Gasteiger partial charge in [0, 0.05) is 0 Å². The second-order valence-electron chi connectivity index (χ2n) is 6.79. The highest BCUT2D eigenvalue weighted by molar-refractivity contribution is 4.69. The highest BCUT2D eigenvalue weighted by atomic mass is 14.2. The van der Waals surface area contributed by atoms with Crippen molar-refractivity contribution in [2.24, 2.45) is 29.6 Å². The lowest BCUT2D eigenvalue weighted by atomic mass is 9.80. The second kappa shape index (κ2) is 9.00. The van der Waals surface area contributed by atoms with Gasteiger partial charge < -0.3 is 0 Å². The van der Waals surface area contributed by atoms with Crippen molar-refractivity contribution in [3.63, 3.8) is 0 Å². The van der Waals surface area contributed by atoms with Crippen LogP contribution in [-0.4, -0.2) is 0 Å².